The summed E-state index contributed by atoms with van der Waals surface area (Å²) in [4.78, 5) is 24.3. The van der Waals surface area contributed by atoms with Crippen molar-refractivity contribution < 1.29 is 19.1 Å². The summed E-state index contributed by atoms with van der Waals surface area (Å²) in [6, 6.07) is 21.4. The third-order valence-corrected chi connectivity index (χ3v) is 4.25. The lowest BCUT2D eigenvalue weighted by Crippen LogP contribution is -2.12. The molecule has 0 aliphatic heterocycles. The van der Waals surface area contributed by atoms with Gasteiger partial charge in [0.15, 0.2) is 0 Å². The van der Waals surface area contributed by atoms with Crippen molar-refractivity contribution in [3.63, 3.8) is 0 Å². The molecule has 0 unspecified atom stereocenters. The van der Waals surface area contributed by atoms with Gasteiger partial charge in [0.05, 0.1) is 17.2 Å². The molecule has 4 nitrogen and oxygen atoms in total. The zero-order chi connectivity index (χ0) is 21.5. The van der Waals surface area contributed by atoms with Gasteiger partial charge in [-0.1, -0.05) is 30.2 Å². The van der Waals surface area contributed by atoms with Crippen molar-refractivity contribution in [2.75, 3.05) is 0 Å². The summed E-state index contributed by atoms with van der Waals surface area (Å²) in [7, 11) is 0. The smallest absolute Gasteiger partial charge is 0.343 e. The molecule has 3 aromatic rings. The van der Waals surface area contributed by atoms with E-state index in [0.29, 0.717) is 16.9 Å². The Morgan fingerprint density at radius 1 is 0.733 bits per heavy atom. The molecule has 0 aliphatic rings. The molecule has 0 spiro atoms. The maximum absolute atomic E-state index is 12.4. The zero-order valence-electron chi connectivity index (χ0n) is 17.1. The van der Waals surface area contributed by atoms with Gasteiger partial charge in [0, 0.05) is 5.56 Å². The topological polar surface area (TPSA) is 52.6 Å². The van der Waals surface area contributed by atoms with Crippen LogP contribution in [-0.2, 0) is 4.74 Å². The van der Waals surface area contributed by atoms with Gasteiger partial charge in [-0.15, -0.1) is 5.92 Å². The fourth-order valence-electron chi connectivity index (χ4n) is 2.80. The predicted molar refractivity (Wildman–Crippen MR) is 116 cm³/mol. The lowest BCUT2D eigenvalue weighted by molar-refractivity contribution is 0.0378. The normalized spacial score (nSPS) is 10.1. The highest BCUT2D eigenvalue weighted by Gasteiger charge is 2.12. The van der Waals surface area contributed by atoms with Crippen molar-refractivity contribution in [3.8, 4) is 28.7 Å². The van der Waals surface area contributed by atoms with E-state index in [1.807, 2.05) is 36.4 Å². The highest BCUT2D eigenvalue weighted by atomic mass is 16.5. The van der Waals surface area contributed by atoms with Gasteiger partial charge in [0.2, 0.25) is 0 Å². The van der Waals surface area contributed by atoms with Crippen molar-refractivity contribution in [2.45, 2.75) is 26.9 Å². The largest absolute Gasteiger partial charge is 0.459 e. The third kappa shape index (κ3) is 5.36. The van der Waals surface area contributed by atoms with Crippen molar-refractivity contribution in [2.24, 2.45) is 0 Å². The summed E-state index contributed by atoms with van der Waals surface area (Å²) in [6.07, 6.45) is -0.194. The van der Waals surface area contributed by atoms with Crippen LogP contribution in [0.4, 0.5) is 0 Å². The van der Waals surface area contributed by atoms with E-state index in [1.165, 1.54) is 0 Å². The molecule has 0 aliphatic carbocycles. The number of carbonyl (C=O) groups is 2. The monoisotopic (exact) mass is 398 g/mol. The maximum atomic E-state index is 12.4. The van der Waals surface area contributed by atoms with Gasteiger partial charge in [-0.3, -0.25) is 0 Å². The van der Waals surface area contributed by atoms with Crippen LogP contribution in [-0.4, -0.2) is 18.0 Å². The molecule has 30 heavy (non-hydrogen) atoms. The highest BCUT2D eigenvalue weighted by Crippen LogP contribution is 2.21. The number of esters is 2. The fourth-order valence-corrected chi connectivity index (χ4v) is 2.80. The average molecular weight is 398 g/mol. The van der Waals surface area contributed by atoms with Crippen LogP contribution in [0.15, 0.2) is 72.8 Å². The first-order valence-corrected chi connectivity index (χ1v) is 9.63. The van der Waals surface area contributed by atoms with E-state index in [4.69, 9.17) is 9.47 Å². The summed E-state index contributed by atoms with van der Waals surface area (Å²) < 4.78 is 10.5. The molecule has 0 radical (unpaired) electrons. The predicted octanol–water partition coefficient (Wildman–Crippen LogP) is 5.51. The van der Waals surface area contributed by atoms with Crippen LogP contribution >= 0.6 is 0 Å². The van der Waals surface area contributed by atoms with E-state index in [-0.39, 0.29) is 6.10 Å². The second-order valence-corrected chi connectivity index (χ2v) is 6.90. The van der Waals surface area contributed by atoms with Crippen molar-refractivity contribution >= 4 is 11.9 Å². The third-order valence-electron chi connectivity index (χ3n) is 4.25. The number of carbonyl (C=O) groups excluding carboxylic acids is 2. The van der Waals surface area contributed by atoms with Gasteiger partial charge in [0.1, 0.15) is 5.75 Å². The van der Waals surface area contributed by atoms with E-state index in [9.17, 15) is 9.59 Å². The van der Waals surface area contributed by atoms with Gasteiger partial charge >= 0.3 is 11.9 Å². The standard InChI is InChI=1S/C26H22O4/c1-4-5-19-6-8-20(9-7-19)21-10-12-22(13-11-21)26(28)30-24-16-14-23(15-17-24)25(27)29-18(2)3/h6-18H,1-3H3. The molecule has 0 atom stereocenters. The lowest BCUT2D eigenvalue weighted by atomic mass is 10.0. The zero-order valence-corrected chi connectivity index (χ0v) is 17.1. The molecule has 0 bridgehead atoms. The van der Waals surface area contributed by atoms with Crippen LogP contribution in [0.25, 0.3) is 11.1 Å². The second kappa shape index (κ2) is 9.58. The number of ether oxygens (including phenoxy) is 2. The van der Waals surface area contributed by atoms with E-state index in [0.717, 1.165) is 16.7 Å². The van der Waals surface area contributed by atoms with Gasteiger partial charge < -0.3 is 9.47 Å². The Kier molecular flexibility index (Phi) is 6.67. The van der Waals surface area contributed by atoms with E-state index < -0.39 is 11.9 Å². The van der Waals surface area contributed by atoms with E-state index in [2.05, 4.69) is 11.8 Å². The van der Waals surface area contributed by atoms with Gasteiger partial charge in [0.25, 0.3) is 0 Å². The van der Waals surface area contributed by atoms with Crippen LogP contribution in [0, 0.1) is 11.8 Å². The Morgan fingerprint density at radius 2 is 1.23 bits per heavy atom. The first-order chi connectivity index (χ1) is 14.5. The van der Waals surface area contributed by atoms with Crippen LogP contribution < -0.4 is 4.74 Å². The molecule has 0 heterocycles. The highest BCUT2D eigenvalue weighted by molar-refractivity contribution is 5.92. The Morgan fingerprint density at radius 3 is 1.77 bits per heavy atom. The molecule has 0 saturated carbocycles. The minimum absolute atomic E-state index is 0.194. The Balaban J connectivity index is 1.65. The number of hydrogen-bond acceptors (Lipinski definition) is 4. The summed E-state index contributed by atoms with van der Waals surface area (Å²) in [5, 5.41) is 0. The molecular formula is C26H22O4. The molecule has 0 N–H and O–H groups in total. The summed E-state index contributed by atoms with van der Waals surface area (Å²) in [6.45, 7) is 5.38. The fraction of sp³-hybridized carbons (Fsp3) is 0.154. The number of hydrogen-bond donors (Lipinski definition) is 0. The quantitative estimate of drug-likeness (QED) is 0.323. The van der Waals surface area contributed by atoms with Crippen LogP contribution in [0.5, 0.6) is 5.75 Å². The summed E-state index contributed by atoms with van der Waals surface area (Å²) in [5.74, 6) is 5.37. The molecule has 3 rings (SSSR count). The molecule has 150 valence electrons. The molecule has 0 amide bonds. The van der Waals surface area contributed by atoms with Crippen LogP contribution in [0.1, 0.15) is 47.1 Å². The van der Waals surface area contributed by atoms with E-state index in [1.54, 1.807) is 57.2 Å². The van der Waals surface area contributed by atoms with Gasteiger partial charge in [-0.2, -0.15) is 0 Å². The Bertz CT molecular complexity index is 1080. The Hall–Kier alpha value is -3.84. The number of rotatable bonds is 5. The molecule has 3 aromatic carbocycles. The first kappa shape index (κ1) is 20.9. The molecule has 0 fully saturated rings. The lowest BCUT2D eigenvalue weighted by Gasteiger charge is -2.09. The Labute approximate surface area is 176 Å². The van der Waals surface area contributed by atoms with Crippen LogP contribution in [0.3, 0.4) is 0 Å². The SMILES string of the molecule is CC#Cc1ccc(-c2ccc(C(=O)Oc3ccc(C(=O)OC(C)C)cc3)cc2)cc1. The molecule has 4 heteroatoms. The first-order valence-electron chi connectivity index (χ1n) is 9.63. The minimum Gasteiger partial charge on any atom is -0.459 e. The summed E-state index contributed by atoms with van der Waals surface area (Å²) >= 11 is 0. The van der Waals surface area contributed by atoms with E-state index >= 15 is 0 Å². The molecule has 0 aromatic heterocycles. The van der Waals surface area contributed by atoms with Gasteiger partial charge in [-0.25, -0.2) is 9.59 Å². The van der Waals surface area contributed by atoms with Crippen LogP contribution in [0.2, 0.25) is 0 Å². The average Bonchev–Trinajstić information content (AvgIpc) is 2.75. The maximum Gasteiger partial charge on any atom is 0.343 e. The summed E-state index contributed by atoms with van der Waals surface area (Å²) in [5.41, 5.74) is 3.85. The minimum atomic E-state index is -0.465. The molecular weight excluding hydrogens is 376 g/mol. The second-order valence-electron chi connectivity index (χ2n) is 6.90. The van der Waals surface area contributed by atoms with Gasteiger partial charge in [-0.05, 0) is 80.4 Å². The molecule has 0 saturated heterocycles. The van der Waals surface area contributed by atoms with Crippen molar-refractivity contribution in [1.82, 2.24) is 0 Å². The number of benzene rings is 3. The van der Waals surface area contributed by atoms with Crippen molar-refractivity contribution in [1.29, 1.82) is 0 Å². The van der Waals surface area contributed by atoms with Crippen molar-refractivity contribution in [3.05, 3.63) is 89.5 Å².